The molecule has 1 atom stereocenters. The monoisotopic (exact) mass is 182 g/mol. The fourth-order valence-electron chi connectivity index (χ4n) is 0.416. The van der Waals surface area contributed by atoms with Crippen molar-refractivity contribution in [3.05, 3.63) is 23.7 Å². The van der Waals surface area contributed by atoms with Crippen LogP contribution in [-0.2, 0) is 9.32 Å². The van der Waals surface area contributed by atoms with E-state index in [1.807, 2.05) is 0 Å². The minimum atomic E-state index is -1.15. The average molecular weight is 182 g/mol. The van der Waals surface area contributed by atoms with E-state index in [0.717, 1.165) is 0 Å². The van der Waals surface area contributed by atoms with Gasteiger partial charge in [0.15, 0.2) is 0 Å². The predicted molar refractivity (Wildman–Crippen MR) is 31.6 cm³/mol. The van der Waals surface area contributed by atoms with E-state index in [2.05, 4.69) is 0 Å². The first kappa shape index (κ1) is 10.8. The molecule has 10 heavy (non-hydrogen) atoms. The Morgan fingerprint density at radius 3 is 2.70 bits per heavy atom. The van der Waals surface area contributed by atoms with E-state index in [0.29, 0.717) is 0 Å². The minimum absolute atomic E-state index is 0. The third-order valence-corrected chi connectivity index (χ3v) is 1.64. The van der Waals surface area contributed by atoms with Gasteiger partial charge in [-0.1, -0.05) is 0 Å². The molecule has 0 aromatic rings. The molecule has 3 nitrogen and oxygen atoms in total. The molecular formula is C5H4KO3P. The third kappa shape index (κ3) is 3.28. The standard InChI is InChI=1S/C5H5O3P.K/c6-5(7)4-2-1-3-8-9-4;/h1-3,9H,(H,6,7);/q;+1/p-1. The Morgan fingerprint density at radius 1 is 1.70 bits per heavy atom. The minimum Gasteiger partial charge on any atom is -0.545 e. The third-order valence-electron chi connectivity index (χ3n) is 0.798. The number of carbonyl (C=O) groups is 1. The Bertz CT molecular complexity index is 187. The van der Waals surface area contributed by atoms with E-state index in [-0.39, 0.29) is 65.5 Å². The number of carboxylic acid groups (broad SMARTS) is 1. The molecule has 0 fully saturated rings. The first-order valence-corrected chi connectivity index (χ1v) is 3.21. The molecule has 0 aromatic heterocycles. The topological polar surface area (TPSA) is 49.4 Å². The SMILES string of the molecule is O=C([O-])C1=CC=COP1.[K+]. The van der Waals surface area contributed by atoms with Crippen molar-refractivity contribution in [2.24, 2.45) is 0 Å². The Morgan fingerprint density at radius 2 is 2.40 bits per heavy atom. The molecule has 1 unspecified atom stereocenters. The van der Waals surface area contributed by atoms with Crippen LogP contribution in [0.25, 0.3) is 0 Å². The normalized spacial score (nSPS) is 17.0. The molecular weight excluding hydrogens is 178 g/mol. The van der Waals surface area contributed by atoms with Gasteiger partial charge in [0.05, 0.1) is 12.2 Å². The van der Waals surface area contributed by atoms with Crippen LogP contribution < -0.4 is 56.5 Å². The van der Waals surface area contributed by atoms with Gasteiger partial charge in [0, 0.05) is 5.31 Å². The molecule has 0 aliphatic carbocycles. The van der Waals surface area contributed by atoms with Gasteiger partial charge >= 0.3 is 51.4 Å². The smallest absolute Gasteiger partial charge is 0.545 e. The largest absolute Gasteiger partial charge is 1.00 e. The summed E-state index contributed by atoms with van der Waals surface area (Å²) in [7, 11) is -0.115. The maximum absolute atomic E-state index is 10.1. The van der Waals surface area contributed by atoms with Gasteiger partial charge < -0.3 is 14.4 Å². The summed E-state index contributed by atoms with van der Waals surface area (Å²) in [5.74, 6) is -1.15. The van der Waals surface area contributed by atoms with Crippen molar-refractivity contribution in [2.45, 2.75) is 0 Å². The van der Waals surface area contributed by atoms with Gasteiger partial charge in [-0.15, -0.1) is 0 Å². The van der Waals surface area contributed by atoms with Crippen molar-refractivity contribution in [1.82, 2.24) is 0 Å². The molecule has 1 aliphatic rings. The molecule has 1 rings (SSSR count). The Labute approximate surface area is 103 Å². The molecule has 5 heteroatoms. The van der Waals surface area contributed by atoms with Gasteiger partial charge in [0.25, 0.3) is 0 Å². The zero-order valence-corrected chi connectivity index (χ0v) is 9.58. The van der Waals surface area contributed by atoms with Crippen molar-refractivity contribution in [3.63, 3.8) is 0 Å². The number of rotatable bonds is 1. The maximum Gasteiger partial charge on any atom is 1.00 e. The van der Waals surface area contributed by atoms with Crippen LogP contribution in [0.15, 0.2) is 23.7 Å². The Hall–Kier alpha value is 0.816. The second-order valence-corrected chi connectivity index (χ2v) is 2.39. The summed E-state index contributed by atoms with van der Waals surface area (Å²) < 4.78 is 4.70. The summed E-state index contributed by atoms with van der Waals surface area (Å²) in [5, 5.41) is 10.3. The number of carbonyl (C=O) groups excluding carboxylic acids is 1. The van der Waals surface area contributed by atoms with Crippen LogP contribution in [0, 0.1) is 0 Å². The van der Waals surface area contributed by atoms with Crippen LogP contribution in [0.1, 0.15) is 0 Å². The number of hydrogen-bond donors (Lipinski definition) is 0. The molecule has 0 amide bonds. The van der Waals surface area contributed by atoms with Gasteiger partial charge in [-0.25, -0.2) is 0 Å². The van der Waals surface area contributed by atoms with Gasteiger partial charge in [-0.3, -0.25) is 0 Å². The number of hydrogen-bond acceptors (Lipinski definition) is 3. The van der Waals surface area contributed by atoms with Gasteiger partial charge in [-0.2, -0.15) is 0 Å². The van der Waals surface area contributed by atoms with E-state index in [1.54, 1.807) is 0 Å². The second kappa shape index (κ2) is 5.46. The summed E-state index contributed by atoms with van der Waals surface area (Å²) in [6, 6.07) is 0. The molecule has 0 N–H and O–H groups in total. The van der Waals surface area contributed by atoms with Crippen LogP contribution in [-0.4, -0.2) is 5.97 Å². The average Bonchev–Trinajstić information content (AvgIpc) is 1.90. The van der Waals surface area contributed by atoms with Crippen LogP contribution in [0.5, 0.6) is 0 Å². The Balaban J connectivity index is 0.000000810. The molecule has 0 saturated heterocycles. The molecule has 48 valence electrons. The summed E-state index contributed by atoms with van der Waals surface area (Å²) in [4.78, 5) is 10.1. The first-order chi connectivity index (χ1) is 4.30. The quantitative estimate of drug-likeness (QED) is 0.316. The summed E-state index contributed by atoms with van der Waals surface area (Å²) >= 11 is 0. The molecule has 0 saturated carbocycles. The van der Waals surface area contributed by atoms with Crippen molar-refractivity contribution < 1.29 is 65.8 Å². The number of carboxylic acids is 1. The van der Waals surface area contributed by atoms with Crippen molar-refractivity contribution in [2.75, 3.05) is 0 Å². The summed E-state index contributed by atoms with van der Waals surface area (Å²) in [6.07, 6.45) is 4.45. The number of allylic oxidation sites excluding steroid dienone is 2. The molecule has 0 radical (unpaired) electrons. The van der Waals surface area contributed by atoms with Gasteiger partial charge in [-0.05, 0) is 12.2 Å². The van der Waals surface area contributed by atoms with E-state index in [9.17, 15) is 9.90 Å². The fourth-order valence-corrected chi connectivity index (χ4v) is 0.937. The van der Waals surface area contributed by atoms with Crippen LogP contribution in [0.4, 0.5) is 0 Å². The van der Waals surface area contributed by atoms with Crippen LogP contribution in [0.2, 0.25) is 0 Å². The van der Waals surface area contributed by atoms with E-state index >= 15 is 0 Å². The fraction of sp³-hybridized carbons (Fsp3) is 0. The summed E-state index contributed by atoms with van der Waals surface area (Å²) in [5.41, 5.74) is 0. The summed E-state index contributed by atoms with van der Waals surface area (Å²) in [6.45, 7) is 0. The molecule has 1 aliphatic heterocycles. The molecule has 0 spiro atoms. The van der Waals surface area contributed by atoms with Gasteiger partial charge in [0.1, 0.15) is 8.81 Å². The molecule has 1 heterocycles. The molecule has 0 bridgehead atoms. The van der Waals surface area contributed by atoms with Gasteiger partial charge in [0.2, 0.25) is 0 Å². The van der Waals surface area contributed by atoms with Crippen molar-refractivity contribution >= 4 is 14.8 Å². The Kier molecular flexibility index (Phi) is 5.91. The van der Waals surface area contributed by atoms with Crippen molar-refractivity contribution in [3.8, 4) is 0 Å². The zero-order valence-electron chi connectivity index (χ0n) is 5.46. The zero-order chi connectivity index (χ0) is 6.69. The second-order valence-electron chi connectivity index (χ2n) is 1.42. The predicted octanol–water partition coefficient (Wildman–Crippen LogP) is -3.24. The van der Waals surface area contributed by atoms with E-state index in [1.165, 1.54) is 18.4 Å². The van der Waals surface area contributed by atoms with E-state index in [4.69, 9.17) is 4.52 Å². The first-order valence-electron chi connectivity index (χ1n) is 2.30. The van der Waals surface area contributed by atoms with Crippen molar-refractivity contribution in [1.29, 1.82) is 0 Å². The van der Waals surface area contributed by atoms with Crippen LogP contribution in [0.3, 0.4) is 0 Å². The van der Waals surface area contributed by atoms with Crippen LogP contribution >= 0.6 is 8.81 Å². The number of aliphatic carboxylic acids is 1. The van der Waals surface area contributed by atoms with E-state index < -0.39 is 5.97 Å². The molecule has 0 aromatic carbocycles. The maximum atomic E-state index is 10.1.